The molecular formula is C15H18ClN3OS. The summed E-state index contributed by atoms with van der Waals surface area (Å²) in [6, 6.07) is 7.58. The Morgan fingerprint density at radius 1 is 1.43 bits per heavy atom. The van der Waals surface area contributed by atoms with Crippen LogP contribution in [0.4, 0.5) is 0 Å². The maximum atomic E-state index is 12.0. The zero-order valence-electron chi connectivity index (χ0n) is 11.8. The first-order valence-electron chi connectivity index (χ1n) is 6.86. The number of halogens is 1. The first-order chi connectivity index (χ1) is 10.2. The molecule has 0 aliphatic rings. The van der Waals surface area contributed by atoms with Crippen molar-refractivity contribution in [3.8, 4) is 0 Å². The van der Waals surface area contributed by atoms with Gasteiger partial charge in [0.05, 0.1) is 6.04 Å². The van der Waals surface area contributed by atoms with E-state index in [0.29, 0.717) is 6.42 Å². The Morgan fingerprint density at radius 3 is 2.81 bits per heavy atom. The summed E-state index contributed by atoms with van der Waals surface area (Å²) in [5.74, 6) is 1.58. The molecule has 0 radical (unpaired) electrons. The van der Waals surface area contributed by atoms with E-state index >= 15 is 0 Å². The van der Waals surface area contributed by atoms with Gasteiger partial charge in [0.25, 0.3) is 0 Å². The lowest BCUT2D eigenvalue weighted by molar-refractivity contribution is -0.121. The van der Waals surface area contributed by atoms with Crippen LogP contribution in [-0.4, -0.2) is 21.6 Å². The van der Waals surface area contributed by atoms with Gasteiger partial charge in [0.15, 0.2) is 0 Å². The van der Waals surface area contributed by atoms with Crippen molar-refractivity contribution >= 4 is 29.3 Å². The normalized spacial score (nSPS) is 12.1. The zero-order chi connectivity index (χ0) is 15.1. The summed E-state index contributed by atoms with van der Waals surface area (Å²) >= 11 is 7.48. The highest BCUT2D eigenvalue weighted by Gasteiger charge is 2.14. The van der Waals surface area contributed by atoms with E-state index in [1.54, 1.807) is 24.2 Å². The van der Waals surface area contributed by atoms with Crippen molar-refractivity contribution in [1.29, 1.82) is 0 Å². The van der Waals surface area contributed by atoms with Crippen LogP contribution in [0.5, 0.6) is 0 Å². The number of benzene rings is 1. The van der Waals surface area contributed by atoms with Gasteiger partial charge in [-0.05, 0) is 30.7 Å². The molecule has 112 valence electrons. The molecule has 1 aromatic heterocycles. The van der Waals surface area contributed by atoms with Crippen LogP contribution in [0, 0.1) is 0 Å². The number of aromatic amines is 1. The summed E-state index contributed by atoms with van der Waals surface area (Å²) in [6.07, 6.45) is 4.75. The highest BCUT2D eigenvalue weighted by atomic mass is 35.5. The van der Waals surface area contributed by atoms with Crippen LogP contribution >= 0.6 is 23.4 Å². The third kappa shape index (κ3) is 5.10. The smallest absolute Gasteiger partial charge is 0.221 e. The molecular weight excluding hydrogens is 306 g/mol. The number of hydrogen-bond acceptors (Lipinski definition) is 3. The van der Waals surface area contributed by atoms with Crippen LogP contribution in [0.3, 0.4) is 0 Å². The molecule has 1 heterocycles. The minimum Gasteiger partial charge on any atom is -0.347 e. The molecule has 1 amide bonds. The lowest BCUT2D eigenvalue weighted by atomic mass is 10.2. The quantitative estimate of drug-likeness (QED) is 0.762. The number of hydrogen-bond donors (Lipinski definition) is 2. The van der Waals surface area contributed by atoms with Gasteiger partial charge in [0.1, 0.15) is 5.82 Å². The Morgan fingerprint density at radius 2 is 2.19 bits per heavy atom. The molecule has 2 aromatic rings. The molecule has 6 heteroatoms. The fourth-order valence-corrected chi connectivity index (χ4v) is 2.87. The number of nitrogens with zero attached hydrogens (tertiary/aromatic N) is 1. The number of amides is 1. The zero-order valence-corrected chi connectivity index (χ0v) is 13.4. The van der Waals surface area contributed by atoms with Gasteiger partial charge >= 0.3 is 0 Å². The van der Waals surface area contributed by atoms with Crippen molar-refractivity contribution in [3.05, 3.63) is 47.5 Å². The van der Waals surface area contributed by atoms with Crippen molar-refractivity contribution in [2.45, 2.75) is 30.7 Å². The van der Waals surface area contributed by atoms with E-state index in [1.165, 1.54) is 0 Å². The van der Waals surface area contributed by atoms with Crippen molar-refractivity contribution in [1.82, 2.24) is 15.3 Å². The van der Waals surface area contributed by atoms with Gasteiger partial charge < -0.3 is 10.3 Å². The number of aromatic nitrogens is 2. The predicted molar refractivity (Wildman–Crippen MR) is 86.6 cm³/mol. The first-order valence-corrected chi connectivity index (χ1v) is 8.22. The number of imidazole rings is 1. The molecule has 0 aliphatic carbocycles. The van der Waals surface area contributed by atoms with Crippen LogP contribution in [0.25, 0.3) is 0 Å². The van der Waals surface area contributed by atoms with Gasteiger partial charge in [-0.25, -0.2) is 4.98 Å². The summed E-state index contributed by atoms with van der Waals surface area (Å²) in [5, 5.41) is 3.72. The highest BCUT2D eigenvalue weighted by molar-refractivity contribution is 7.99. The molecule has 0 saturated heterocycles. The largest absolute Gasteiger partial charge is 0.347 e. The second kappa shape index (κ2) is 8.10. The van der Waals surface area contributed by atoms with Crippen LogP contribution in [-0.2, 0) is 4.79 Å². The molecule has 0 spiro atoms. The van der Waals surface area contributed by atoms with Gasteiger partial charge in [-0.2, -0.15) is 0 Å². The molecule has 0 bridgehead atoms. The van der Waals surface area contributed by atoms with E-state index in [4.69, 9.17) is 11.6 Å². The van der Waals surface area contributed by atoms with E-state index in [1.807, 2.05) is 31.2 Å². The summed E-state index contributed by atoms with van der Waals surface area (Å²) < 4.78 is 0. The lowest BCUT2D eigenvalue weighted by Gasteiger charge is -2.14. The van der Waals surface area contributed by atoms with Crippen molar-refractivity contribution in [3.63, 3.8) is 0 Å². The first kappa shape index (κ1) is 15.9. The maximum absolute atomic E-state index is 12.0. The Bertz CT molecular complexity index is 557. The number of nitrogens with one attached hydrogen (secondary N) is 2. The molecule has 1 atom stereocenters. The summed E-state index contributed by atoms with van der Waals surface area (Å²) in [7, 11) is 0. The van der Waals surface area contributed by atoms with Crippen molar-refractivity contribution < 1.29 is 4.79 Å². The maximum Gasteiger partial charge on any atom is 0.221 e. The van der Waals surface area contributed by atoms with Gasteiger partial charge in [-0.1, -0.05) is 18.5 Å². The van der Waals surface area contributed by atoms with Gasteiger partial charge in [-0.15, -0.1) is 11.8 Å². The average molecular weight is 324 g/mol. The summed E-state index contributed by atoms with van der Waals surface area (Å²) in [6.45, 7) is 2.02. The monoisotopic (exact) mass is 323 g/mol. The number of H-pyrrole nitrogens is 1. The molecule has 2 rings (SSSR count). The average Bonchev–Trinajstić information content (AvgIpc) is 3.01. The molecule has 0 aliphatic heterocycles. The Kier molecular flexibility index (Phi) is 6.14. The number of carbonyl (C=O) groups is 1. The molecule has 0 fully saturated rings. The van der Waals surface area contributed by atoms with Gasteiger partial charge in [-0.3, -0.25) is 4.79 Å². The van der Waals surface area contributed by atoms with Crippen LogP contribution in [0.2, 0.25) is 5.02 Å². The Balaban J connectivity index is 1.75. The molecule has 2 N–H and O–H groups in total. The molecule has 0 saturated carbocycles. The molecule has 1 unspecified atom stereocenters. The molecule has 4 nitrogen and oxygen atoms in total. The topological polar surface area (TPSA) is 57.8 Å². The fraction of sp³-hybridized carbons (Fsp3) is 0.333. The van der Waals surface area contributed by atoms with E-state index in [9.17, 15) is 4.79 Å². The minimum absolute atomic E-state index is 0.0414. The Labute approximate surface area is 133 Å². The standard InChI is InChI=1S/C15H18ClN3OS/c1-2-13(15-17-8-9-18-15)19-14(20)7-10-21-12-5-3-11(16)4-6-12/h3-6,8-9,13H,2,7,10H2,1H3,(H,17,18)(H,19,20). The minimum atomic E-state index is -0.0481. The lowest BCUT2D eigenvalue weighted by Crippen LogP contribution is -2.29. The van der Waals surface area contributed by atoms with Gasteiger partial charge in [0, 0.05) is 34.5 Å². The van der Waals surface area contributed by atoms with Crippen LogP contribution < -0.4 is 5.32 Å². The number of rotatable bonds is 7. The Hall–Kier alpha value is -1.46. The van der Waals surface area contributed by atoms with Gasteiger partial charge in [0.2, 0.25) is 5.91 Å². The molecule has 21 heavy (non-hydrogen) atoms. The van der Waals surface area contributed by atoms with Crippen LogP contribution in [0.15, 0.2) is 41.6 Å². The SMILES string of the molecule is CCC(NC(=O)CCSc1ccc(Cl)cc1)c1ncc[nH]1. The molecule has 1 aromatic carbocycles. The predicted octanol–water partition coefficient (Wildman–Crippen LogP) is 3.81. The number of carbonyl (C=O) groups excluding carboxylic acids is 1. The fourth-order valence-electron chi connectivity index (χ4n) is 1.89. The summed E-state index contributed by atoms with van der Waals surface area (Å²) in [5.41, 5.74) is 0. The van der Waals surface area contributed by atoms with E-state index in [2.05, 4.69) is 15.3 Å². The van der Waals surface area contributed by atoms with E-state index in [0.717, 1.165) is 27.9 Å². The second-order valence-electron chi connectivity index (χ2n) is 4.56. The second-order valence-corrected chi connectivity index (χ2v) is 6.16. The van der Waals surface area contributed by atoms with E-state index in [-0.39, 0.29) is 11.9 Å². The van der Waals surface area contributed by atoms with Crippen LogP contribution in [0.1, 0.15) is 31.6 Å². The number of thioether (sulfide) groups is 1. The third-order valence-electron chi connectivity index (χ3n) is 3.00. The highest BCUT2D eigenvalue weighted by Crippen LogP contribution is 2.21. The summed E-state index contributed by atoms with van der Waals surface area (Å²) in [4.78, 5) is 20.3. The van der Waals surface area contributed by atoms with Crippen molar-refractivity contribution in [2.24, 2.45) is 0 Å². The third-order valence-corrected chi connectivity index (χ3v) is 4.27. The van der Waals surface area contributed by atoms with Crippen molar-refractivity contribution in [2.75, 3.05) is 5.75 Å². The van der Waals surface area contributed by atoms with E-state index < -0.39 is 0 Å².